The average molecular weight is 277 g/mol. The van der Waals surface area contributed by atoms with Crippen LogP contribution < -0.4 is 0 Å². The molecule has 1 aromatic rings. The molecule has 0 N–H and O–H groups in total. The fourth-order valence-electron chi connectivity index (χ4n) is 1.85. The van der Waals surface area contributed by atoms with Crippen LogP contribution in [0.3, 0.4) is 0 Å². The molecule has 21 heavy (non-hydrogen) atoms. The molecule has 0 heterocycles. The first-order valence-corrected chi connectivity index (χ1v) is 6.79. The summed E-state index contributed by atoms with van der Waals surface area (Å²) in [6.07, 6.45) is 3.69. The maximum Gasteiger partial charge on any atom is 0.164 e. The van der Waals surface area contributed by atoms with Crippen molar-refractivity contribution in [2.45, 2.75) is 19.8 Å². The Morgan fingerprint density at radius 3 is 2.10 bits per heavy atom. The predicted molar refractivity (Wildman–Crippen MR) is 81.4 cm³/mol. The fraction of sp³-hybridized carbons (Fsp3) is 0.294. The Morgan fingerprint density at radius 2 is 1.67 bits per heavy atom. The number of benzene rings is 1. The normalized spacial score (nSPS) is 10.4. The third kappa shape index (κ3) is 4.30. The maximum absolute atomic E-state index is 9.25. The van der Waals surface area contributed by atoms with Crippen LogP contribution in [0.25, 0.3) is 5.57 Å². The van der Waals surface area contributed by atoms with Crippen molar-refractivity contribution < 1.29 is 4.58 Å². The molecular weight excluding hydrogens is 260 g/mol. The van der Waals surface area contributed by atoms with Gasteiger partial charge in [-0.25, -0.2) is 4.58 Å². The zero-order chi connectivity index (χ0) is 15.7. The molecule has 0 aliphatic heterocycles. The van der Waals surface area contributed by atoms with Gasteiger partial charge in [-0.15, -0.1) is 0 Å². The van der Waals surface area contributed by atoms with Gasteiger partial charge in [-0.1, -0.05) is 24.3 Å². The van der Waals surface area contributed by atoms with E-state index in [4.69, 9.17) is 10.5 Å². The maximum atomic E-state index is 9.25. The lowest BCUT2D eigenvalue weighted by atomic mass is 9.98. The van der Waals surface area contributed by atoms with Crippen LogP contribution in [0, 0.1) is 34.0 Å². The van der Waals surface area contributed by atoms with Gasteiger partial charge in [0.2, 0.25) is 0 Å². The number of hydrogen-bond donors (Lipinski definition) is 0. The fourth-order valence-corrected chi connectivity index (χ4v) is 1.85. The van der Waals surface area contributed by atoms with Gasteiger partial charge in [-0.05, 0) is 25.0 Å². The third-order valence-electron chi connectivity index (χ3n) is 3.20. The second-order valence-electron chi connectivity index (χ2n) is 4.38. The summed E-state index contributed by atoms with van der Waals surface area (Å²) in [7, 11) is 0. The van der Waals surface area contributed by atoms with E-state index in [0.29, 0.717) is 11.1 Å². The molecule has 0 saturated carbocycles. The van der Waals surface area contributed by atoms with E-state index < -0.39 is 5.92 Å². The molecule has 104 valence electrons. The molecule has 0 amide bonds. The molecular formula is C17H17N4+. The standard InChI is InChI=1S/C17H17N4/c1-3-21(4-2)10-9-16(11-18)14-5-7-15(8-6-14)17(12-19)13-20/h5-10,17H,3-4H2,1-2H3/q+1. The minimum atomic E-state index is -0.768. The molecule has 4 heteroatoms. The topological polar surface area (TPSA) is 74.4 Å². The van der Waals surface area contributed by atoms with E-state index >= 15 is 0 Å². The first-order valence-electron chi connectivity index (χ1n) is 6.79. The molecule has 4 nitrogen and oxygen atoms in total. The number of allylic oxidation sites excluding steroid dienone is 2. The van der Waals surface area contributed by atoms with E-state index in [0.717, 1.165) is 18.7 Å². The van der Waals surface area contributed by atoms with Gasteiger partial charge in [0.25, 0.3) is 0 Å². The number of nitriles is 3. The van der Waals surface area contributed by atoms with Crippen molar-refractivity contribution in [2.24, 2.45) is 0 Å². The molecule has 0 aromatic heterocycles. The van der Waals surface area contributed by atoms with Gasteiger partial charge in [-0.3, -0.25) is 0 Å². The lowest BCUT2D eigenvalue weighted by molar-refractivity contribution is -0.515. The van der Waals surface area contributed by atoms with Crippen molar-refractivity contribution in [2.75, 3.05) is 13.1 Å². The summed E-state index contributed by atoms with van der Waals surface area (Å²) in [5.74, 6) is -0.768. The van der Waals surface area contributed by atoms with Crippen LogP contribution in [-0.4, -0.2) is 23.9 Å². The monoisotopic (exact) mass is 277 g/mol. The van der Waals surface area contributed by atoms with Gasteiger partial charge in [0, 0.05) is 6.08 Å². The summed E-state index contributed by atoms with van der Waals surface area (Å²) in [5.41, 5.74) is 1.98. The van der Waals surface area contributed by atoms with E-state index in [9.17, 15) is 5.26 Å². The molecule has 0 atom stereocenters. The van der Waals surface area contributed by atoms with Crippen LogP contribution in [-0.2, 0) is 0 Å². The highest BCUT2D eigenvalue weighted by Gasteiger charge is 2.09. The summed E-state index contributed by atoms with van der Waals surface area (Å²) in [5, 5.41) is 27.0. The molecule has 0 spiro atoms. The minimum absolute atomic E-state index is 0.555. The predicted octanol–water partition coefficient (Wildman–Crippen LogP) is 2.85. The third-order valence-corrected chi connectivity index (χ3v) is 3.20. The van der Waals surface area contributed by atoms with Gasteiger partial charge in [0.05, 0.1) is 23.8 Å². The zero-order valence-corrected chi connectivity index (χ0v) is 12.2. The summed E-state index contributed by atoms with van der Waals surface area (Å²) < 4.78 is 2.09. The van der Waals surface area contributed by atoms with Gasteiger partial charge >= 0.3 is 0 Å². The van der Waals surface area contributed by atoms with Crippen molar-refractivity contribution in [1.29, 1.82) is 15.8 Å². The lowest BCUT2D eigenvalue weighted by Gasteiger charge is -2.02. The molecule has 0 unspecified atom stereocenters. The summed E-state index contributed by atoms with van der Waals surface area (Å²) in [4.78, 5) is 0. The molecule has 0 bridgehead atoms. The smallest absolute Gasteiger partial charge is 0.164 e. The van der Waals surface area contributed by atoms with E-state index in [1.807, 2.05) is 18.4 Å². The SMILES string of the molecule is CC[N+](=CC=C(C#N)c1ccc(C(C#N)C#N)cc1)CC. The van der Waals surface area contributed by atoms with Gasteiger partial charge < -0.3 is 0 Å². The summed E-state index contributed by atoms with van der Waals surface area (Å²) >= 11 is 0. The molecule has 0 fully saturated rings. The Morgan fingerprint density at radius 1 is 1.10 bits per heavy atom. The largest absolute Gasteiger partial charge is 0.237 e. The molecule has 0 saturated heterocycles. The summed E-state index contributed by atoms with van der Waals surface area (Å²) in [6.45, 7) is 5.88. The quantitative estimate of drug-likeness (QED) is 0.472. The van der Waals surface area contributed by atoms with Gasteiger partial charge in [0.1, 0.15) is 13.1 Å². The highest BCUT2D eigenvalue weighted by Crippen LogP contribution is 2.18. The van der Waals surface area contributed by atoms with Crippen LogP contribution in [0.15, 0.2) is 30.3 Å². The Bertz CT molecular complexity index is 641. The van der Waals surface area contributed by atoms with E-state index in [1.54, 1.807) is 30.3 Å². The van der Waals surface area contributed by atoms with E-state index in [-0.39, 0.29) is 0 Å². The van der Waals surface area contributed by atoms with Crippen LogP contribution >= 0.6 is 0 Å². The first-order chi connectivity index (χ1) is 10.2. The van der Waals surface area contributed by atoms with Crippen molar-refractivity contribution in [3.8, 4) is 18.2 Å². The van der Waals surface area contributed by atoms with Crippen molar-refractivity contribution in [3.63, 3.8) is 0 Å². The highest BCUT2D eigenvalue weighted by molar-refractivity contribution is 5.88. The van der Waals surface area contributed by atoms with Crippen LogP contribution in [0.1, 0.15) is 30.9 Å². The zero-order valence-electron chi connectivity index (χ0n) is 12.2. The number of rotatable bonds is 5. The Balaban J connectivity index is 3.08. The second kappa shape index (κ2) is 8.31. The van der Waals surface area contributed by atoms with E-state index in [1.165, 1.54) is 0 Å². The van der Waals surface area contributed by atoms with Gasteiger partial charge in [-0.2, -0.15) is 15.8 Å². The van der Waals surface area contributed by atoms with Crippen molar-refractivity contribution in [1.82, 2.24) is 0 Å². The highest BCUT2D eigenvalue weighted by atomic mass is 15.0. The average Bonchev–Trinajstić information content (AvgIpc) is 2.54. The van der Waals surface area contributed by atoms with Crippen LogP contribution in [0.2, 0.25) is 0 Å². The van der Waals surface area contributed by atoms with E-state index in [2.05, 4.69) is 24.5 Å². The van der Waals surface area contributed by atoms with Crippen LogP contribution in [0.4, 0.5) is 0 Å². The number of hydrogen-bond acceptors (Lipinski definition) is 3. The second-order valence-corrected chi connectivity index (χ2v) is 4.38. The van der Waals surface area contributed by atoms with Crippen molar-refractivity contribution in [3.05, 3.63) is 41.5 Å². The Labute approximate surface area is 125 Å². The molecule has 0 radical (unpaired) electrons. The minimum Gasteiger partial charge on any atom is -0.237 e. The molecule has 0 aliphatic carbocycles. The molecule has 1 rings (SSSR count). The number of nitrogens with zero attached hydrogens (tertiary/aromatic N) is 4. The first kappa shape index (κ1) is 16.2. The molecule has 1 aromatic carbocycles. The molecule has 0 aliphatic rings. The Kier molecular flexibility index (Phi) is 6.39. The Hall–Kier alpha value is -2.90. The summed E-state index contributed by atoms with van der Waals surface area (Å²) in [6, 6.07) is 13.0. The van der Waals surface area contributed by atoms with Crippen molar-refractivity contribution >= 4 is 11.8 Å². The van der Waals surface area contributed by atoms with Gasteiger partial charge in [0.15, 0.2) is 12.1 Å². The van der Waals surface area contributed by atoms with Crippen LogP contribution in [0.5, 0.6) is 0 Å². The lowest BCUT2D eigenvalue weighted by Crippen LogP contribution is -2.10.